The Morgan fingerprint density at radius 1 is 1.17 bits per heavy atom. The predicted molar refractivity (Wildman–Crippen MR) is 69.1 cm³/mol. The van der Waals surface area contributed by atoms with Crippen molar-refractivity contribution in [3.8, 4) is 0 Å². The molecule has 5 heteroatoms. The second-order valence-corrected chi connectivity index (χ2v) is 5.19. The van der Waals surface area contributed by atoms with Crippen LogP contribution in [-0.4, -0.2) is 35.3 Å². The van der Waals surface area contributed by atoms with Crippen LogP contribution >= 0.6 is 0 Å². The Balaban J connectivity index is 4.73. The minimum Gasteiger partial charge on any atom is -0.444 e. The number of rotatable bonds is 5. The van der Waals surface area contributed by atoms with Gasteiger partial charge in [-0.3, -0.25) is 9.69 Å². The Hall–Kier alpha value is -1.26. The lowest BCUT2D eigenvalue weighted by molar-refractivity contribution is -0.146. The van der Waals surface area contributed by atoms with Gasteiger partial charge in [-0.15, -0.1) is 0 Å². The Bertz CT molecular complexity index is 279. The van der Waals surface area contributed by atoms with Crippen molar-refractivity contribution in [2.24, 2.45) is 0 Å². The molecule has 0 bridgehead atoms. The first-order valence-corrected chi connectivity index (χ1v) is 6.34. The van der Waals surface area contributed by atoms with Crippen molar-refractivity contribution < 1.29 is 19.1 Å². The van der Waals surface area contributed by atoms with Crippen LogP contribution in [0.2, 0.25) is 0 Å². The Morgan fingerprint density at radius 2 is 1.67 bits per heavy atom. The van der Waals surface area contributed by atoms with Gasteiger partial charge in [0.05, 0.1) is 0 Å². The maximum absolute atomic E-state index is 12.0. The molecule has 0 saturated heterocycles. The lowest BCUT2D eigenvalue weighted by Crippen LogP contribution is -2.44. The SMILES string of the molecule is CCC(CC)N(COC(C)=O)C(=O)OC(C)(C)C. The Labute approximate surface area is 109 Å². The smallest absolute Gasteiger partial charge is 0.413 e. The number of hydrogen-bond acceptors (Lipinski definition) is 4. The molecule has 0 spiro atoms. The molecule has 0 aliphatic rings. The summed E-state index contributed by atoms with van der Waals surface area (Å²) in [4.78, 5) is 24.4. The number of esters is 1. The molecule has 0 rings (SSSR count). The summed E-state index contributed by atoms with van der Waals surface area (Å²) in [6.07, 6.45) is 1.13. The van der Waals surface area contributed by atoms with Crippen molar-refractivity contribution in [1.29, 1.82) is 0 Å². The zero-order valence-corrected chi connectivity index (χ0v) is 12.3. The van der Waals surface area contributed by atoms with E-state index >= 15 is 0 Å². The molecule has 0 radical (unpaired) electrons. The van der Waals surface area contributed by atoms with Crippen LogP contribution in [0.15, 0.2) is 0 Å². The van der Waals surface area contributed by atoms with Crippen LogP contribution in [0.1, 0.15) is 54.4 Å². The zero-order chi connectivity index (χ0) is 14.3. The van der Waals surface area contributed by atoms with E-state index in [4.69, 9.17) is 9.47 Å². The van der Waals surface area contributed by atoms with Crippen LogP contribution in [0.25, 0.3) is 0 Å². The summed E-state index contributed by atoms with van der Waals surface area (Å²) in [6.45, 7) is 10.7. The third-order valence-electron chi connectivity index (χ3n) is 2.42. The first-order valence-electron chi connectivity index (χ1n) is 6.34. The van der Waals surface area contributed by atoms with Crippen molar-refractivity contribution in [3.05, 3.63) is 0 Å². The highest BCUT2D eigenvalue weighted by Gasteiger charge is 2.27. The second-order valence-electron chi connectivity index (χ2n) is 5.19. The Kier molecular flexibility index (Phi) is 6.73. The van der Waals surface area contributed by atoms with E-state index in [1.54, 1.807) is 0 Å². The molecule has 0 aromatic carbocycles. The molecular formula is C13H25NO4. The van der Waals surface area contributed by atoms with Crippen LogP contribution in [0, 0.1) is 0 Å². The number of amides is 1. The second kappa shape index (κ2) is 7.24. The van der Waals surface area contributed by atoms with Gasteiger partial charge in [-0.05, 0) is 33.6 Å². The predicted octanol–water partition coefficient (Wildman–Crippen LogP) is 2.93. The summed E-state index contributed by atoms with van der Waals surface area (Å²) in [5, 5.41) is 0. The van der Waals surface area contributed by atoms with Crippen molar-refractivity contribution in [2.75, 3.05) is 6.73 Å². The van der Waals surface area contributed by atoms with Gasteiger partial charge in [0.2, 0.25) is 0 Å². The van der Waals surface area contributed by atoms with Gasteiger partial charge in [0.1, 0.15) is 5.60 Å². The molecule has 0 aromatic heterocycles. The van der Waals surface area contributed by atoms with E-state index in [0.29, 0.717) is 0 Å². The van der Waals surface area contributed by atoms with E-state index in [2.05, 4.69) is 0 Å². The van der Waals surface area contributed by atoms with Gasteiger partial charge in [-0.2, -0.15) is 0 Å². The van der Waals surface area contributed by atoms with Gasteiger partial charge < -0.3 is 9.47 Å². The minimum atomic E-state index is -0.558. The van der Waals surface area contributed by atoms with Gasteiger partial charge in [-0.1, -0.05) is 13.8 Å². The maximum Gasteiger partial charge on any atom is 0.413 e. The fourth-order valence-corrected chi connectivity index (χ4v) is 1.52. The number of ether oxygens (including phenoxy) is 2. The molecule has 0 aliphatic heterocycles. The van der Waals surface area contributed by atoms with Crippen LogP contribution in [-0.2, 0) is 14.3 Å². The number of carbonyl (C=O) groups excluding carboxylic acids is 2. The van der Waals surface area contributed by atoms with Crippen LogP contribution in [0.3, 0.4) is 0 Å². The molecule has 0 unspecified atom stereocenters. The Morgan fingerprint density at radius 3 is 2.00 bits per heavy atom. The molecule has 5 nitrogen and oxygen atoms in total. The highest BCUT2D eigenvalue weighted by Crippen LogP contribution is 2.15. The fraction of sp³-hybridized carbons (Fsp3) is 0.846. The van der Waals surface area contributed by atoms with E-state index in [1.165, 1.54) is 11.8 Å². The molecule has 1 amide bonds. The van der Waals surface area contributed by atoms with E-state index in [9.17, 15) is 9.59 Å². The molecule has 0 saturated carbocycles. The van der Waals surface area contributed by atoms with Gasteiger partial charge in [0, 0.05) is 13.0 Å². The monoisotopic (exact) mass is 259 g/mol. The van der Waals surface area contributed by atoms with Crippen molar-refractivity contribution >= 4 is 12.1 Å². The fourth-order valence-electron chi connectivity index (χ4n) is 1.52. The molecule has 0 N–H and O–H groups in total. The zero-order valence-electron chi connectivity index (χ0n) is 12.3. The first kappa shape index (κ1) is 16.7. The molecule has 0 fully saturated rings. The van der Waals surface area contributed by atoms with Crippen LogP contribution < -0.4 is 0 Å². The molecular weight excluding hydrogens is 234 g/mol. The van der Waals surface area contributed by atoms with Gasteiger partial charge >= 0.3 is 12.1 Å². The molecule has 0 atom stereocenters. The topological polar surface area (TPSA) is 55.8 Å². The number of nitrogens with zero attached hydrogens (tertiary/aromatic N) is 1. The van der Waals surface area contributed by atoms with Gasteiger partial charge in [0.25, 0.3) is 0 Å². The van der Waals surface area contributed by atoms with Crippen molar-refractivity contribution in [3.63, 3.8) is 0 Å². The largest absolute Gasteiger partial charge is 0.444 e. The lowest BCUT2D eigenvalue weighted by atomic mass is 10.1. The third-order valence-corrected chi connectivity index (χ3v) is 2.42. The summed E-state index contributed by atoms with van der Waals surface area (Å²) >= 11 is 0. The van der Waals surface area contributed by atoms with Crippen LogP contribution in [0.5, 0.6) is 0 Å². The lowest BCUT2D eigenvalue weighted by Gasteiger charge is -2.31. The maximum atomic E-state index is 12.0. The number of carbonyl (C=O) groups is 2. The quantitative estimate of drug-likeness (QED) is 0.562. The molecule has 0 aliphatic carbocycles. The molecule has 0 heterocycles. The van der Waals surface area contributed by atoms with Gasteiger partial charge in [-0.25, -0.2) is 4.79 Å². The van der Waals surface area contributed by atoms with E-state index in [1.807, 2.05) is 34.6 Å². The first-order chi connectivity index (χ1) is 8.21. The van der Waals surface area contributed by atoms with Gasteiger partial charge in [0.15, 0.2) is 6.73 Å². The summed E-state index contributed by atoms with van der Waals surface area (Å²) < 4.78 is 10.2. The van der Waals surface area contributed by atoms with Crippen molar-refractivity contribution in [2.45, 2.75) is 66.0 Å². The number of hydrogen-bond donors (Lipinski definition) is 0. The minimum absolute atomic E-state index is 0.0131. The van der Waals surface area contributed by atoms with Crippen molar-refractivity contribution in [1.82, 2.24) is 4.90 Å². The molecule has 0 aromatic rings. The summed E-state index contributed by atoms with van der Waals surface area (Å²) in [6, 6.07) is 0.0131. The van der Waals surface area contributed by atoms with E-state index < -0.39 is 17.7 Å². The summed E-state index contributed by atoms with van der Waals surface area (Å²) in [5.41, 5.74) is -0.558. The van der Waals surface area contributed by atoms with Crippen LogP contribution in [0.4, 0.5) is 4.79 Å². The third kappa shape index (κ3) is 6.47. The average molecular weight is 259 g/mol. The normalized spacial score (nSPS) is 11.3. The summed E-state index contributed by atoms with van der Waals surface area (Å²) in [7, 11) is 0. The average Bonchev–Trinajstić information content (AvgIpc) is 2.21. The van der Waals surface area contributed by atoms with E-state index in [-0.39, 0.29) is 12.8 Å². The molecule has 18 heavy (non-hydrogen) atoms. The summed E-state index contributed by atoms with van der Waals surface area (Å²) in [5.74, 6) is -0.408. The molecule has 106 valence electrons. The highest BCUT2D eigenvalue weighted by atomic mass is 16.6. The standard InChI is InChI=1S/C13H25NO4/c1-7-11(8-2)14(9-17-10(3)15)12(16)18-13(4,5)6/h11H,7-9H2,1-6H3. The highest BCUT2D eigenvalue weighted by molar-refractivity contribution is 5.69. The van der Waals surface area contributed by atoms with E-state index in [0.717, 1.165) is 12.8 Å².